The van der Waals surface area contributed by atoms with E-state index >= 15 is 0 Å². The molecule has 1 heterocycles. The van der Waals surface area contributed by atoms with Gasteiger partial charge >= 0.3 is 0 Å². The van der Waals surface area contributed by atoms with E-state index in [0.29, 0.717) is 6.04 Å². The lowest BCUT2D eigenvalue weighted by Crippen LogP contribution is -2.24. The van der Waals surface area contributed by atoms with Crippen molar-refractivity contribution in [3.8, 4) is 0 Å². The average molecular weight is 222 g/mol. The van der Waals surface area contributed by atoms with Gasteiger partial charge < -0.3 is 10.2 Å². The molecule has 4 nitrogen and oxygen atoms in total. The molecule has 2 rings (SSSR count). The van der Waals surface area contributed by atoms with E-state index < -0.39 is 0 Å². The molecule has 4 heteroatoms. The van der Waals surface area contributed by atoms with Gasteiger partial charge in [-0.05, 0) is 40.4 Å². The Morgan fingerprint density at radius 2 is 2.38 bits per heavy atom. The second-order valence-electron chi connectivity index (χ2n) is 4.81. The Labute approximate surface area is 97.6 Å². The molecule has 1 aliphatic carbocycles. The first kappa shape index (κ1) is 11.6. The van der Waals surface area contributed by atoms with Crippen LogP contribution in [0.1, 0.15) is 30.1 Å². The molecule has 1 aromatic rings. The fourth-order valence-electron chi connectivity index (χ4n) is 2.41. The van der Waals surface area contributed by atoms with Gasteiger partial charge in [0, 0.05) is 23.8 Å². The van der Waals surface area contributed by atoms with Crippen molar-refractivity contribution in [1.82, 2.24) is 20.0 Å². The Kier molecular flexibility index (Phi) is 3.61. The molecule has 1 unspecified atom stereocenters. The third kappa shape index (κ3) is 2.28. The minimum absolute atomic E-state index is 0.511. The molecule has 90 valence electrons. The minimum atomic E-state index is 0.511. The van der Waals surface area contributed by atoms with E-state index in [1.165, 1.54) is 30.5 Å². The van der Waals surface area contributed by atoms with Crippen molar-refractivity contribution in [2.75, 3.05) is 27.7 Å². The summed E-state index contributed by atoms with van der Waals surface area (Å²) >= 11 is 0. The summed E-state index contributed by atoms with van der Waals surface area (Å²) in [6.07, 6.45) is 5.74. The van der Waals surface area contributed by atoms with Gasteiger partial charge in [0.05, 0.1) is 12.7 Å². The van der Waals surface area contributed by atoms with Crippen LogP contribution in [-0.2, 0) is 13.0 Å². The lowest BCUT2D eigenvalue weighted by atomic mass is 9.93. The van der Waals surface area contributed by atoms with E-state index in [-0.39, 0.29) is 0 Å². The quantitative estimate of drug-likeness (QED) is 0.826. The fraction of sp³-hybridized carbons (Fsp3) is 0.750. The average Bonchev–Trinajstić information content (AvgIpc) is 2.69. The number of hydrogen-bond acceptors (Lipinski definition) is 3. The van der Waals surface area contributed by atoms with Crippen LogP contribution in [0.5, 0.6) is 0 Å². The molecule has 0 saturated carbocycles. The zero-order valence-corrected chi connectivity index (χ0v) is 10.5. The van der Waals surface area contributed by atoms with Gasteiger partial charge in [-0.2, -0.15) is 5.10 Å². The summed E-state index contributed by atoms with van der Waals surface area (Å²) in [6, 6.07) is 0.511. The highest BCUT2D eigenvalue weighted by molar-refractivity contribution is 5.24. The molecule has 1 atom stereocenters. The summed E-state index contributed by atoms with van der Waals surface area (Å²) in [5, 5.41) is 7.89. The molecule has 1 N–H and O–H groups in total. The van der Waals surface area contributed by atoms with Crippen LogP contribution in [0, 0.1) is 0 Å². The lowest BCUT2D eigenvalue weighted by Gasteiger charge is -2.23. The standard InChI is InChI=1S/C12H22N4/c1-13-11-5-4-6-12-10(11)9-14-16(12)8-7-15(2)3/h9,11,13H,4-8H2,1-3H3. The van der Waals surface area contributed by atoms with Gasteiger partial charge in [-0.25, -0.2) is 0 Å². The van der Waals surface area contributed by atoms with Crippen LogP contribution in [0.3, 0.4) is 0 Å². The van der Waals surface area contributed by atoms with E-state index in [2.05, 4.69) is 34.1 Å². The van der Waals surface area contributed by atoms with Gasteiger partial charge in [0.25, 0.3) is 0 Å². The van der Waals surface area contributed by atoms with Crippen LogP contribution in [0.25, 0.3) is 0 Å². The number of hydrogen-bond donors (Lipinski definition) is 1. The highest BCUT2D eigenvalue weighted by Gasteiger charge is 2.22. The topological polar surface area (TPSA) is 33.1 Å². The number of nitrogens with zero attached hydrogens (tertiary/aromatic N) is 3. The third-order valence-corrected chi connectivity index (χ3v) is 3.37. The summed E-state index contributed by atoms with van der Waals surface area (Å²) in [4.78, 5) is 2.20. The monoisotopic (exact) mass is 222 g/mol. The van der Waals surface area contributed by atoms with Crippen LogP contribution in [0.2, 0.25) is 0 Å². The summed E-state index contributed by atoms with van der Waals surface area (Å²) < 4.78 is 2.18. The van der Waals surface area contributed by atoms with Crippen LogP contribution in [0.15, 0.2) is 6.20 Å². The highest BCUT2D eigenvalue weighted by Crippen LogP contribution is 2.28. The van der Waals surface area contributed by atoms with Crippen molar-refractivity contribution < 1.29 is 0 Å². The van der Waals surface area contributed by atoms with Crippen LogP contribution >= 0.6 is 0 Å². The zero-order chi connectivity index (χ0) is 11.5. The van der Waals surface area contributed by atoms with Crippen molar-refractivity contribution >= 4 is 0 Å². The largest absolute Gasteiger partial charge is 0.313 e. The van der Waals surface area contributed by atoms with Crippen molar-refractivity contribution in [3.63, 3.8) is 0 Å². The van der Waals surface area contributed by atoms with Crippen LogP contribution in [-0.4, -0.2) is 42.4 Å². The molecule has 0 aromatic carbocycles. The molecule has 0 bridgehead atoms. The Morgan fingerprint density at radius 3 is 3.06 bits per heavy atom. The number of nitrogens with one attached hydrogen (secondary N) is 1. The van der Waals surface area contributed by atoms with Gasteiger partial charge in [-0.1, -0.05) is 0 Å². The molecule has 0 saturated heterocycles. The summed E-state index contributed by atoms with van der Waals surface area (Å²) in [6.45, 7) is 2.05. The first-order valence-corrected chi connectivity index (χ1v) is 6.09. The van der Waals surface area contributed by atoms with E-state index in [1.54, 1.807) is 0 Å². The van der Waals surface area contributed by atoms with Crippen LogP contribution < -0.4 is 5.32 Å². The Bertz CT molecular complexity index is 343. The van der Waals surface area contributed by atoms with Crippen LogP contribution in [0.4, 0.5) is 0 Å². The van der Waals surface area contributed by atoms with Crippen molar-refractivity contribution in [2.24, 2.45) is 0 Å². The fourth-order valence-corrected chi connectivity index (χ4v) is 2.41. The highest BCUT2D eigenvalue weighted by atomic mass is 15.3. The first-order valence-electron chi connectivity index (χ1n) is 6.09. The van der Waals surface area contributed by atoms with Crippen molar-refractivity contribution in [2.45, 2.75) is 31.8 Å². The molecule has 0 spiro atoms. The Balaban J connectivity index is 2.13. The summed E-state index contributed by atoms with van der Waals surface area (Å²) in [5.41, 5.74) is 2.85. The molecule has 0 aliphatic heterocycles. The molecule has 1 aromatic heterocycles. The number of rotatable bonds is 4. The summed E-state index contributed by atoms with van der Waals surface area (Å²) in [7, 11) is 6.25. The summed E-state index contributed by atoms with van der Waals surface area (Å²) in [5.74, 6) is 0. The molecular weight excluding hydrogens is 200 g/mol. The maximum Gasteiger partial charge on any atom is 0.0540 e. The van der Waals surface area contributed by atoms with Gasteiger partial charge in [-0.15, -0.1) is 0 Å². The molecular formula is C12H22N4. The van der Waals surface area contributed by atoms with Crippen molar-refractivity contribution in [1.29, 1.82) is 0 Å². The van der Waals surface area contributed by atoms with Gasteiger partial charge in [0.15, 0.2) is 0 Å². The Hall–Kier alpha value is -0.870. The molecule has 0 radical (unpaired) electrons. The van der Waals surface area contributed by atoms with Gasteiger partial charge in [0.1, 0.15) is 0 Å². The second-order valence-corrected chi connectivity index (χ2v) is 4.81. The number of fused-ring (bicyclic) bond motifs is 1. The maximum atomic E-state index is 4.52. The predicted octanol–water partition coefficient (Wildman–Crippen LogP) is 1.04. The normalized spacial score (nSPS) is 20.1. The molecule has 0 amide bonds. The second kappa shape index (κ2) is 4.97. The van der Waals surface area contributed by atoms with E-state index in [0.717, 1.165) is 13.1 Å². The number of likely N-dealkylation sites (N-methyl/N-ethyl adjacent to an activating group) is 1. The molecule has 0 fully saturated rings. The van der Waals surface area contributed by atoms with Gasteiger partial charge in [-0.3, -0.25) is 4.68 Å². The smallest absolute Gasteiger partial charge is 0.0540 e. The Morgan fingerprint density at radius 1 is 1.56 bits per heavy atom. The minimum Gasteiger partial charge on any atom is -0.313 e. The number of aromatic nitrogens is 2. The zero-order valence-electron chi connectivity index (χ0n) is 10.5. The van der Waals surface area contributed by atoms with E-state index in [9.17, 15) is 0 Å². The first-order chi connectivity index (χ1) is 7.72. The lowest BCUT2D eigenvalue weighted by molar-refractivity contribution is 0.366. The van der Waals surface area contributed by atoms with Gasteiger partial charge in [0.2, 0.25) is 0 Å². The third-order valence-electron chi connectivity index (χ3n) is 3.37. The molecule has 16 heavy (non-hydrogen) atoms. The molecule has 1 aliphatic rings. The van der Waals surface area contributed by atoms with E-state index in [1.807, 2.05) is 13.2 Å². The van der Waals surface area contributed by atoms with Crippen molar-refractivity contribution in [3.05, 3.63) is 17.5 Å². The SMILES string of the molecule is CNC1CCCc2c1cnn2CCN(C)C. The van der Waals surface area contributed by atoms with E-state index in [4.69, 9.17) is 0 Å². The predicted molar refractivity (Wildman–Crippen MR) is 65.5 cm³/mol. The maximum absolute atomic E-state index is 4.52.